The maximum Gasteiger partial charge on any atom is 0.242 e. The van der Waals surface area contributed by atoms with Crippen LogP contribution in [0.25, 0.3) is 0 Å². The number of methoxy groups -OCH3 is 1. The van der Waals surface area contributed by atoms with Crippen molar-refractivity contribution in [2.75, 3.05) is 20.3 Å². The zero-order chi connectivity index (χ0) is 12.8. The van der Waals surface area contributed by atoms with Crippen LogP contribution in [-0.2, 0) is 9.53 Å². The molecule has 0 aromatic carbocycles. The molecule has 96 valence electrons. The Kier molecular flexibility index (Phi) is 6.60. The molecule has 0 aliphatic carbocycles. The number of carbonyl (C=O) groups is 1. The Balaban J connectivity index is 4.71. The fourth-order valence-corrected chi connectivity index (χ4v) is 1.74. The van der Waals surface area contributed by atoms with E-state index >= 15 is 0 Å². The van der Waals surface area contributed by atoms with Crippen molar-refractivity contribution < 1.29 is 9.53 Å². The molecule has 0 fully saturated rings. The first-order valence-electron chi connectivity index (χ1n) is 5.97. The van der Waals surface area contributed by atoms with Gasteiger partial charge < -0.3 is 15.4 Å². The van der Waals surface area contributed by atoms with Crippen LogP contribution in [0.15, 0.2) is 0 Å². The third-order valence-electron chi connectivity index (χ3n) is 2.73. The molecule has 16 heavy (non-hydrogen) atoms. The highest BCUT2D eigenvalue weighted by atomic mass is 16.5. The summed E-state index contributed by atoms with van der Waals surface area (Å²) in [5.41, 5.74) is 5.06. The van der Waals surface area contributed by atoms with Crippen molar-refractivity contribution in [2.45, 2.75) is 52.1 Å². The van der Waals surface area contributed by atoms with Gasteiger partial charge >= 0.3 is 0 Å². The van der Waals surface area contributed by atoms with Crippen LogP contribution in [0.5, 0.6) is 0 Å². The number of hydrogen-bond acceptors (Lipinski definition) is 3. The number of nitrogens with two attached hydrogens (primary N) is 1. The summed E-state index contributed by atoms with van der Waals surface area (Å²) in [6, 6.07) is 0.255. The minimum Gasteiger partial charge on any atom is -0.383 e. The van der Waals surface area contributed by atoms with Crippen molar-refractivity contribution in [3.05, 3.63) is 0 Å². The van der Waals surface area contributed by atoms with Crippen molar-refractivity contribution >= 4 is 5.91 Å². The van der Waals surface area contributed by atoms with Gasteiger partial charge in [0.2, 0.25) is 5.91 Å². The van der Waals surface area contributed by atoms with Gasteiger partial charge in [-0.3, -0.25) is 4.79 Å². The van der Waals surface area contributed by atoms with Gasteiger partial charge in [0.15, 0.2) is 0 Å². The van der Waals surface area contributed by atoms with Crippen LogP contribution in [0.4, 0.5) is 0 Å². The smallest absolute Gasteiger partial charge is 0.242 e. The second kappa shape index (κ2) is 6.86. The third kappa shape index (κ3) is 4.49. The summed E-state index contributed by atoms with van der Waals surface area (Å²) >= 11 is 0. The van der Waals surface area contributed by atoms with Gasteiger partial charge in [0.05, 0.1) is 12.1 Å². The highest BCUT2D eigenvalue weighted by Gasteiger charge is 2.30. The van der Waals surface area contributed by atoms with Gasteiger partial charge in [0.25, 0.3) is 0 Å². The fraction of sp³-hybridized carbons (Fsp3) is 0.917. The molecular formula is C12H26N2O2. The molecule has 0 heterocycles. The lowest BCUT2D eigenvalue weighted by Crippen LogP contribution is -2.55. The molecule has 0 unspecified atom stereocenters. The molecule has 0 aliphatic heterocycles. The fourth-order valence-electron chi connectivity index (χ4n) is 1.74. The van der Waals surface area contributed by atoms with E-state index < -0.39 is 5.54 Å². The summed E-state index contributed by atoms with van der Waals surface area (Å²) in [4.78, 5) is 14.0. The summed E-state index contributed by atoms with van der Waals surface area (Å²) in [5, 5.41) is 0. The van der Waals surface area contributed by atoms with Crippen LogP contribution >= 0.6 is 0 Å². The average molecular weight is 230 g/mol. The van der Waals surface area contributed by atoms with Crippen molar-refractivity contribution in [2.24, 2.45) is 5.73 Å². The van der Waals surface area contributed by atoms with Crippen LogP contribution in [0, 0.1) is 0 Å². The largest absolute Gasteiger partial charge is 0.383 e. The third-order valence-corrected chi connectivity index (χ3v) is 2.73. The molecule has 0 radical (unpaired) electrons. The molecule has 0 saturated heterocycles. The van der Waals surface area contributed by atoms with Crippen LogP contribution < -0.4 is 5.73 Å². The standard InChI is InChI=1S/C12H26N2O2/c1-6-10(7-2)14(8-9-16-5)11(15)12(3,4)13/h10H,6-9,13H2,1-5H3. The van der Waals surface area contributed by atoms with E-state index in [1.165, 1.54) is 0 Å². The van der Waals surface area contributed by atoms with Crippen LogP contribution in [0.3, 0.4) is 0 Å². The molecule has 0 bridgehead atoms. The minimum absolute atomic E-state index is 0.00162. The Bertz CT molecular complexity index is 208. The summed E-state index contributed by atoms with van der Waals surface area (Å²) in [5.74, 6) is -0.00162. The number of nitrogens with zero attached hydrogens (tertiary/aromatic N) is 1. The van der Waals surface area contributed by atoms with E-state index in [2.05, 4.69) is 13.8 Å². The highest BCUT2D eigenvalue weighted by molar-refractivity contribution is 5.85. The normalized spacial score (nSPS) is 11.9. The Morgan fingerprint density at radius 2 is 1.88 bits per heavy atom. The maximum absolute atomic E-state index is 12.2. The van der Waals surface area contributed by atoms with Gasteiger partial charge in [-0.05, 0) is 26.7 Å². The van der Waals surface area contributed by atoms with Gasteiger partial charge in [-0.1, -0.05) is 13.8 Å². The molecule has 4 heteroatoms. The van der Waals surface area contributed by atoms with Crippen LogP contribution in [-0.4, -0.2) is 42.6 Å². The molecule has 0 aromatic rings. The topological polar surface area (TPSA) is 55.6 Å². The lowest BCUT2D eigenvalue weighted by atomic mass is 10.0. The van der Waals surface area contributed by atoms with E-state index in [0.29, 0.717) is 13.2 Å². The molecule has 0 saturated carbocycles. The van der Waals surface area contributed by atoms with Crippen molar-refractivity contribution in [1.29, 1.82) is 0 Å². The first-order valence-corrected chi connectivity index (χ1v) is 5.97. The Labute approximate surface area is 99.1 Å². The Morgan fingerprint density at radius 3 is 2.19 bits per heavy atom. The van der Waals surface area contributed by atoms with Gasteiger partial charge in [-0.2, -0.15) is 0 Å². The van der Waals surface area contributed by atoms with Crippen LogP contribution in [0.2, 0.25) is 0 Å². The molecule has 0 aromatic heterocycles. The Hall–Kier alpha value is -0.610. The van der Waals surface area contributed by atoms with E-state index in [4.69, 9.17) is 10.5 Å². The number of carbonyl (C=O) groups excluding carboxylic acids is 1. The quantitative estimate of drug-likeness (QED) is 0.719. The second-order valence-corrected chi connectivity index (χ2v) is 4.68. The molecule has 0 rings (SSSR count). The first kappa shape index (κ1) is 15.4. The van der Waals surface area contributed by atoms with E-state index in [1.54, 1.807) is 21.0 Å². The highest BCUT2D eigenvalue weighted by Crippen LogP contribution is 2.13. The van der Waals surface area contributed by atoms with E-state index in [-0.39, 0.29) is 11.9 Å². The van der Waals surface area contributed by atoms with Crippen LogP contribution in [0.1, 0.15) is 40.5 Å². The number of amides is 1. The molecule has 0 aliphatic rings. The average Bonchev–Trinajstić information content (AvgIpc) is 2.22. The Morgan fingerprint density at radius 1 is 1.38 bits per heavy atom. The summed E-state index contributed by atoms with van der Waals surface area (Å²) in [6.07, 6.45) is 1.89. The van der Waals surface area contributed by atoms with Crippen molar-refractivity contribution in [3.63, 3.8) is 0 Å². The molecule has 0 atom stereocenters. The summed E-state index contributed by atoms with van der Waals surface area (Å²) in [7, 11) is 1.64. The number of ether oxygens (including phenoxy) is 1. The van der Waals surface area contributed by atoms with Crippen molar-refractivity contribution in [1.82, 2.24) is 4.90 Å². The van der Waals surface area contributed by atoms with Gasteiger partial charge in [0, 0.05) is 19.7 Å². The molecule has 4 nitrogen and oxygen atoms in total. The summed E-state index contributed by atoms with van der Waals surface area (Å²) in [6.45, 7) is 8.84. The van der Waals surface area contributed by atoms with Crippen molar-refractivity contribution in [3.8, 4) is 0 Å². The van der Waals surface area contributed by atoms with Gasteiger partial charge in [-0.15, -0.1) is 0 Å². The van der Waals surface area contributed by atoms with Gasteiger partial charge in [0.1, 0.15) is 0 Å². The lowest BCUT2D eigenvalue weighted by Gasteiger charge is -2.35. The molecule has 1 amide bonds. The predicted octanol–water partition coefficient (Wildman–Crippen LogP) is 1.39. The lowest BCUT2D eigenvalue weighted by molar-refractivity contribution is -0.139. The van der Waals surface area contributed by atoms with E-state index in [0.717, 1.165) is 12.8 Å². The zero-order valence-electron chi connectivity index (χ0n) is 11.2. The first-order chi connectivity index (χ1) is 7.38. The zero-order valence-corrected chi connectivity index (χ0v) is 11.2. The molecule has 2 N–H and O–H groups in total. The van der Waals surface area contributed by atoms with E-state index in [9.17, 15) is 4.79 Å². The SMILES string of the molecule is CCC(CC)N(CCOC)C(=O)C(C)(C)N. The summed E-state index contributed by atoms with van der Waals surface area (Å²) < 4.78 is 5.04. The second-order valence-electron chi connectivity index (χ2n) is 4.68. The van der Waals surface area contributed by atoms with E-state index in [1.807, 2.05) is 4.90 Å². The number of rotatable bonds is 7. The monoisotopic (exact) mass is 230 g/mol. The number of hydrogen-bond donors (Lipinski definition) is 1. The predicted molar refractivity (Wildman–Crippen MR) is 66.2 cm³/mol. The molecule has 0 spiro atoms. The molecular weight excluding hydrogens is 204 g/mol. The van der Waals surface area contributed by atoms with Gasteiger partial charge in [-0.25, -0.2) is 0 Å². The maximum atomic E-state index is 12.2. The minimum atomic E-state index is -0.809.